The number of carbonyl (C=O) groups excluding carboxylic acids is 2. The van der Waals surface area contributed by atoms with Gasteiger partial charge in [-0.2, -0.15) is 0 Å². The van der Waals surface area contributed by atoms with Gasteiger partial charge in [0, 0.05) is 11.3 Å². The fraction of sp³-hybridized carbons (Fsp3) is 0.385. The van der Waals surface area contributed by atoms with Crippen LogP contribution in [-0.4, -0.2) is 24.4 Å². The van der Waals surface area contributed by atoms with Crippen LogP contribution in [-0.2, 0) is 4.79 Å². The van der Waals surface area contributed by atoms with Crippen LogP contribution in [0.5, 0.6) is 0 Å². The molecule has 4 N–H and O–H groups in total. The monoisotopic (exact) mass is 247 g/mol. The molecule has 0 saturated carbocycles. The minimum Gasteiger partial charge on any atom is -0.366 e. The molecule has 0 aliphatic carbocycles. The Hall–Kier alpha value is -1.88. The topological polar surface area (TPSA) is 84.2 Å². The first kappa shape index (κ1) is 12.6. The first-order chi connectivity index (χ1) is 8.58. The Kier molecular flexibility index (Phi) is 3.62. The highest BCUT2D eigenvalue weighted by atomic mass is 16.2. The van der Waals surface area contributed by atoms with Crippen molar-refractivity contribution in [2.24, 2.45) is 5.73 Å². The number of amides is 2. The minimum atomic E-state index is -0.456. The maximum atomic E-state index is 11.9. The molecule has 5 nitrogen and oxygen atoms in total. The van der Waals surface area contributed by atoms with Crippen molar-refractivity contribution in [1.82, 2.24) is 5.32 Å². The first-order valence-electron chi connectivity index (χ1n) is 6.02. The molecule has 0 spiro atoms. The van der Waals surface area contributed by atoms with Crippen molar-refractivity contribution in [2.75, 3.05) is 11.9 Å². The van der Waals surface area contributed by atoms with Gasteiger partial charge in [-0.25, -0.2) is 0 Å². The maximum absolute atomic E-state index is 11.9. The summed E-state index contributed by atoms with van der Waals surface area (Å²) < 4.78 is 0. The lowest BCUT2D eigenvalue weighted by molar-refractivity contribution is -0.117. The second-order valence-electron chi connectivity index (χ2n) is 4.53. The van der Waals surface area contributed by atoms with Gasteiger partial charge >= 0.3 is 0 Å². The third-order valence-electron chi connectivity index (χ3n) is 3.14. The van der Waals surface area contributed by atoms with Crippen LogP contribution in [0.2, 0.25) is 0 Å². The minimum absolute atomic E-state index is 0.0290. The van der Waals surface area contributed by atoms with Crippen LogP contribution in [0, 0.1) is 6.92 Å². The Labute approximate surface area is 106 Å². The van der Waals surface area contributed by atoms with E-state index in [-0.39, 0.29) is 11.9 Å². The maximum Gasteiger partial charge on any atom is 0.248 e. The number of benzene rings is 1. The molecule has 1 aromatic carbocycles. The fourth-order valence-electron chi connectivity index (χ4n) is 2.16. The molecule has 18 heavy (non-hydrogen) atoms. The van der Waals surface area contributed by atoms with Gasteiger partial charge in [0.2, 0.25) is 11.8 Å². The molecule has 1 heterocycles. The fourth-order valence-corrected chi connectivity index (χ4v) is 2.16. The van der Waals surface area contributed by atoms with E-state index in [9.17, 15) is 9.59 Å². The first-order valence-corrected chi connectivity index (χ1v) is 6.02. The molecule has 1 aliphatic rings. The molecule has 0 bridgehead atoms. The van der Waals surface area contributed by atoms with Gasteiger partial charge in [-0.1, -0.05) is 0 Å². The average molecular weight is 247 g/mol. The van der Waals surface area contributed by atoms with Gasteiger partial charge in [-0.15, -0.1) is 0 Å². The van der Waals surface area contributed by atoms with Gasteiger partial charge in [0.1, 0.15) is 0 Å². The normalized spacial score (nSPS) is 18.6. The van der Waals surface area contributed by atoms with Gasteiger partial charge in [0.25, 0.3) is 0 Å². The van der Waals surface area contributed by atoms with Crippen LogP contribution in [0.15, 0.2) is 18.2 Å². The zero-order valence-corrected chi connectivity index (χ0v) is 10.3. The summed E-state index contributed by atoms with van der Waals surface area (Å²) >= 11 is 0. The summed E-state index contributed by atoms with van der Waals surface area (Å²) in [5, 5.41) is 5.97. The molecule has 96 valence electrons. The molecule has 1 aromatic rings. The van der Waals surface area contributed by atoms with Gasteiger partial charge < -0.3 is 16.4 Å². The third kappa shape index (κ3) is 2.68. The number of hydrogen-bond donors (Lipinski definition) is 3. The van der Waals surface area contributed by atoms with Crippen molar-refractivity contribution in [1.29, 1.82) is 0 Å². The van der Waals surface area contributed by atoms with Gasteiger partial charge in [0.15, 0.2) is 0 Å². The predicted octanol–water partition coefficient (Wildman–Crippen LogP) is 0.784. The molecule has 2 rings (SSSR count). The number of primary amides is 1. The summed E-state index contributed by atoms with van der Waals surface area (Å²) in [7, 11) is 0. The van der Waals surface area contributed by atoms with Crippen LogP contribution in [0.4, 0.5) is 5.69 Å². The lowest BCUT2D eigenvalue weighted by Crippen LogP contribution is -2.35. The summed E-state index contributed by atoms with van der Waals surface area (Å²) in [6, 6.07) is 4.98. The van der Waals surface area contributed by atoms with E-state index in [0.717, 1.165) is 24.9 Å². The highest BCUT2D eigenvalue weighted by Crippen LogP contribution is 2.16. The second-order valence-corrected chi connectivity index (χ2v) is 4.53. The van der Waals surface area contributed by atoms with E-state index in [0.29, 0.717) is 11.3 Å². The molecule has 1 atom stereocenters. The summed E-state index contributed by atoms with van der Waals surface area (Å²) in [5.41, 5.74) is 7.16. The Bertz CT molecular complexity index is 479. The SMILES string of the molecule is Cc1cc(NC(=O)C2CCCN2)ccc1C(N)=O. The smallest absolute Gasteiger partial charge is 0.248 e. The zero-order valence-electron chi connectivity index (χ0n) is 10.3. The van der Waals surface area contributed by atoms with E-state index in [4.69, 9.17) is 5.73 Å². The Morgan fingerprint density at radius 1 is 1.44 bits per heavy atom. The molecule has 1 saturated heterocycles. The Morgan fingerprint density at radius 2 is 2.22 bits per heavy atom. The average Bonchev–Trinajstić information content (AvgIpc) is 2.81. The van der Waals surface area contributed by atoms with E-state index < -0.39 is 5.91 Å². The number of carbonyl (C=O) groups is 2. The van der Waals surface area contributed by atoms with Crippen molar-refractivity contribution < 1.29 is 9.59 Å². The van der Waals surface area contributed by atoms with Crippen molar-refractivity contribution in [2.45, 2.75) is 25.8 Å². The number of rotatable bonds is 3. The quantitative estimate of drug-likeness (QED) is 0.738. The molecule has 5 heteroatoms. The van der Waals surface area contributed by atoms with E-state index in [1.54, 1.807) is 25.1 Å². The van der Waals surface area contributed by atoms with Gasteiger partial charge in [0.05, 0.1) is 6.04 Å². The number of nitrogens with one attached hydrogen (secondary N) is 2. The molecule has 0 radical (unpaired) electrons. The van der Waals surface area contributed by atoms with Crippen LogP contribution in [0.1, 0.15) is 28.8 Å². The molecule has 0 aromatic heterocycles. The van der Waals surface area contributed by atoms with Gasteiger partial charge in [-0.3, -0.25) is 9.59 Å². The van der Waals surface area contributed by atoms with E-state index in [1.165, 1.54) is 0 Å². The molecule has 2 amide bonds. The molecule has 1 aliphatic heterocycles. The van der Waals surface area contributed by atoms with E-state index >= 15 is 0 Å². The van der Waals surface area contributed by atoms with Crippen LogP contribution >= 0.6 is 0 Å². The van der Waals surface area contributed by atoms with Crippen LogP contribution in [0.25, 0.3) is 0 Å². The van der Waals surface area contributed by atoms with Crippen molar-refractivity contribution in [3.63, 3.8) is 0 Å². The summed E-state index contributed by atoms with van der Waals surface area (Å²) in [6.07, 6.45) is 1.89. The standard InChI is InChI=1S/C13H17N3O2/c1-8-7-9(4-5-10(8)12(14)17)16-13(18)11-3-2-6-15-11/h4-5,7,11,15H,2-3,6H2,1H3,(H2,14,17)(H,16,18). The number of aryl methyl sites for hydroxylation is 1. The Morgan fingerprint density at radius 3 is 2.78 bits per heavy atom. The molecular weight excluding hydrogens is 230 g/mol. The van der Waals surface area contributed by atoms with Crippen LogP contribution < -0.4 is 16.4 Å². The number of nitrogens with two attached hydrogens (primary N) is 1. The number of hydrogen-bond acceptors (Lipinski definition) is 3. The Balaban J connectivity index is 2.07. The summed E-state index contributed by atoms with van der Waals surface area (Å²) in [4.78, 5) is 23.0. The zero-order chi connectivity index (χ0) is 13.1. The summed E-state index contributed by atoms with van der Waals surface area (Å²) in [6.45, 7) is 2.68. The third-order valence-corrected chi connectivity index (χ3v) is 3.14. The highest BCUT2D eigenvalue weighted by Gasteiger charge is 2.21. The molecule has 1 unspecified atom stereocenters. The largest absolute Gasteiger partial charge is 0.366 e. The van der Waals surface area contributed by atoms with E-state index in [2.05, 4.69) is 10.6 Å². The van der Waals surface area contributed by atoms with Crippen molar-refractivity contribution in [3.05, 3.63) is 29.3 Å². The van der Waals surface area contributed by atoms with Crippen LogP contribution in [0.3, 0.4) is 0 Å². The van der Waals surface area contributed by atoms with Gasteiger partial charge in [-0.05, 0) is 50.1 Å². The van der Waals surface area contributed by atoms with E-state index in [1.807, 2.05) is 0 Å². The highest BCUT2D eigenvalue weighted by molar-refractivity contribution is 5.97. The lowest BCUT2D eigenvalue weighted by atomic mass is 10.1. The van der Waals surface area contributed by atoms with Crippen molar-refractivity contribution in [3.8, 4) is 0 Å². The lowest BCUT2D eigenvalue weighted by Gasteiger charge is -2.12. The second kappa shape index (κ2) is 5.18. The predicted molar refractivity (Wildman–Crippen MR) is 69.4 cm³/mol. The number of anilines is 1. The molecule has 1 fully saturated rings. The molecular formula is C13H17N3O2. The summed E-state index contributed by atoms with van der Waals surface area (Å²) in [5.74, 6) is -0.485. The van der Waals surface area contributed by atoms with Crippen molar-refractivity contribution >= 4 is 17.5 Å².